The summed E-state index contributed by atoms with van der Waals surface area (Å²) in [6.45, 7) is 0. The number of hydrogen-bond acceptors (Lipinski definition) is 2. The van der Waals surface area contributed by atoms with Crippen molar-refractivity contribution >= 4 is 0 Å². The Hall–Kier alpha value is -3.18. The van der Waals surface area contributed by atoms with E-state index in [1.54, 1.807) is 6.07 Å². The minimum atomic E-state index is 0.126. The molecule has 0 fully saturated rings. The van der Waals surface area contributed by atoms with Gasteiger partial charge in [-0.25, -0.2) is 0 Å². The first kappa shape index (κ1) is 13.8. The van der Waals surface area contributed by atoms with Gasteiger partial charge in [0.2, 0.25) is 0 Å². The minimum absolute atomic E-state index is 0.126. The summed E-state index contributed by atoms with van der Waals surface area (Å²) in [4.78, 5) is 0. The van der Waals surface area contributed by atoms with Gasteiger partial charge in [-0.3, -0.25) is 0 Å². The van der Waals surface area contributed by atoms with Crippen molar-refractivity contribution in [1.29, 1.82) is 0 Å². The molecule has 2 nitrogen and oxygen atoms in total. The third-order valence-electron chi connectivity index (χ3n) is 3.30. The van der Waals surface area contributed by atoms with Crippen LogP contribution >= 0.6 is 0 Å². The quantitative estimate of drug-likeness (QED) is 0.521. The van der Waals surface area contributed by atoms with Crippen LogP contribution in [0.1, 0.15) is 11.1 Å². The topological polar surface area (TPSA) is 40.5 Å². The first-order valence-corrected chi connectivity index (χ1v) is 6.92. The Kier molecular flexibility index (Phi) is 3.80. The van der Waals surface area contributed by atoms with E-state index in [1.165, 1.54) is 12.1 Å². The molecule has 2 heteroatoms. The van der Waals surface area contributed by atoms with E-state index in [2.05, 4.69) is 11.8 Å². The number of phenols is 2. The van der Waals surface area contributed by atoms with E-state index in [0.29, 0.717) is 5.56 Å². The molecule has 0 amide bonds. The van der Waals surface area contributed by atoms with Crippen molar-refractivity contribution in [3.63, 3.8) is 0 Å². The zero-order valence-corrected chi connectivity index (χ0v) is 11.8. The molecule has 0 aliphatic heterocycles. The molecule has 0 aliphatic carbocycles. The fourth-order valence-electron chi connectivity index (χ4n) is 2.15. The average molecular weight is 286 g/mol. The van der Waals surface area contributed by atoms with Gasteiger partial charge >= 0.3 is 0 Å². The minimum Gasteiger partial charge on any atom is -0.508 e. The second-order valence-electron chi connectivity index (χ2n) is 4.89. The third kappa shape index (κ3) is 3.11. The van der Waals surface area contributed by atoms with Crippen molar-refractivity contribution in [2.24, 2.45) is 0 Å². The first-order valence-electron chi connectivity index (χ1n) is 6.92. The summed E-state index contributed by atoms with van der Waals surface area (Å²) >= 11 is 0. The van der Waals surface area contributed by atoms with Crippen LogP contribution in [0, 0.1) is 11.8 Å². The van der Waals surface area contributed by atoms with Crippen LogP contribution in [-0.2, 0) is 0 Å². The van der Waals surface area contributed by atoms with E-state index >= 15 is 0 Å². The molecule has 0 spiro atoms. The van der Waals surface area contributed by atoms with Gasteiger partial charge in [0.1, 0.15) is 11.5 Å². The maximum atomic E-state index is 9.87. The van der Waals surface area contributed by atoms with Crippen LogP contribution in [0.4, 0.5) is 0 Å². The zero-order valence-electron chi connectivity index (χ0n) is 11.8. The van der Waals surface area contributed by atoms with Crippen molar-refractivity contribution in [1.82, 2.24) is 0 Å². The predicted molar refractivity (Wildman–Crippen MR) is 87.6 cm³/mol. The van der Waals surface area contributed by atoms with Crippen LogP contribution in [0.15, 0.2) is 72.8 Å². The smallest absolute Gasteiger partial charge is 0.123 e. The molecule has 0 unspecified atom stereocenters. The van der Waals surface area contributed by atoms with Crippen molar-refractivity contribution in [2.75, 3.05) is 0 Å². The maximum Gasteiger partial charge on any atom is 0.123 e. The van der Waals surface area contributed by atoms with Gasteiger partial charge in [-0.15, -0.1) is 0 Å². The fraction of sp³-hybridized carbons (Fsp3) is 0. The Balaban J connectivity index is 1.87. The van der Waals surface area contributed by atoms with Crippen LogP contribution < -0.4 is 0 Å². The van der Waals surface area contributed by atoms with Gasteiger partial charge < -0.3 is 10.2 Å². The fourth-order valence-corrected chi connectivity index (χ4v) is 2.15. The van der Waals surface area contributed by atoms with Crippen LogP contribution in [0.3, 0.4) is 0 Å². The Bertz CT molecular complexity index is 838. The highest BCUT2D eigenvalue weighted by Gasteiger charge is 2.05. The van der Waals surface area contributed by atoms with Gasteiger partial charge in [-0.1, -0.05) is 42.2 Å². The molecule has 22 heavy (non-hydrogen) atoms. The molecule has 0 heterocycles. The highest BCUT2D eigenvalue weighted by Crippen LogP contribution is 2.32. The molecule has 2 N–H and O–H groups in total. The van der Waals surface area contributed by atoms with E-state index < -0.39 is 0 Å². The van der Waals surface area contributed by atoms with E-state index in [9.17, 15) is 10.2 Å². The lowest BCUT2D eigenvalue weighted by atomic mass is 10.0. The van der Waals surface area contributed by atoms with Crippen LogP contribution in [0.5, 0.6) is 11.5 Å². The molecule has 0 bridgehead atoms. The largest absolute Gasteiger partial charge is 0.508 e. The molecule has 0 aromatic heterocycles. The summed E-state index contributed by atoms with van der Waals surface area (Å²) in [5.41, 5.74) is 3.30. The molecule has 0 atom stereocenters. The number of aromatic hydroxyl groups is 2. The molecular formula is C20H14O2. The Morgan fingerprint density at radius 1 is 0.636 bits per heavy atom. The van der Waals surface area contributed by atoms with Gasteiger partial charge in [0.05, 0.1) is 0 Å². The Labute approximate surface area is 129 Å². The van der Waals surface area contributed by atoms with E-state index in [-0.39, 0.29) is 11.5 Å². The van der Waals surface area contributed by atoms with Gasteiger partial charge in [0.25, 0.3) is 0 Å². The van der Waals surface area contributed by atoms with Crippen molar-refractivity contribution in [3.8, 4) is 34.5 Å². The third-order valence-corrected chi connectivity index (χ3v) is 3.30. The Morgan fingerprint density at radius 3 is 1.95 bits per heavy atom. The van der Waals surface area contributed by atoms with Crippen LogP contribution in [-0.4, -0.2) is 10.2 Å². The zero-order chi connectivity index (χ0) is 15.4. The number of benzene rings is 3. The van der Waals surface area contributed by atoms with Crippen LogP contribution in [0.25, 0.3) is 11.1 Å². The molecule has 106 valence electrons. The summed E-state index contributed by atoms with van der Waals surface area (Å²) in [5.74, 6) is 6.47. The lowest BCUT2D eigenvalue weighted by Gasteiger charge is -2.05. The molecule has 3 aromatic carbocycles. The summed E-state index contributed by atoms with van der Waals surface area (Å²) in [7, 11) is 0. The first-order chi connectivity index (χ1) is 10.7. The van der Waals surface area contributed by atoms with Crippen molar-refractivity contribution in [2.45, 2.75) is 0 Å². The van der Waals surface area contributed by atoms with E-state index in [0.717, 1.165) is 16.7 Å². The molecule has 0 saturated carbocycles. The standard InChI is InChI=1S/C20H14O2/c21-18-12-13-20(22)19(14-18)17-10-8-16(9-11-17)7-6-15-4-2-1-3-5-15/h1-5,8-14,21-22H. The van der Waals surface area contributed by atoms with E-state index in [4.69, 9.17) is 0 Å². The number of rotatable bonds is 1. The monoisotopic (exact) mass is 286 g/mol. The normalized spacial score (nSPS) is 9.82. The predicted octanol–water partition coefficient (Wildman–Crippen LogP) is 4.16. The Morgan fingerprint density at radius 2 is 1.27 bits per heavy atom. The second-order valence-corrected chi connectivity index (χ2v) is 4.89. The average Bonchev–Trinajstić information content (AvgIpc) is 2.57. The lowest BCUT2D eigenvalue weighted by molar-refractivity contribution is 0.462. The summed E-state index contributed by atoms with van der Waals surface area (Å²) < 4.78 is 0. The van der Waals surface area contributed by atoms with Gasteiger partial charge in [-0.05, 0) is 48.0 Å². The molecule has 0 aliphatic rings. The van der Waals surface area contributed by atoms with Gasteiger partial charge in [0, 0.05) is 16.7 Å². The molecule has 3 rings (SSSR count). The van der Waals surface area contributed by atoms with Crippen molar-refractivity contribution < 1.29 is 10.2 Å². The highest BCUT2D eigenvalue weighted by atomic mass is 16.3. The summed E-state index contributed by atoms with van der Waals surface area (Å²) in [5, 5.41) is 19.4. The van der Waals surface area contributed by atoms with Crippen molar-refractivity contribution in [3.05, 3.63) is 83.9 Å². The summed E-state index contributed by atoms with van der Waals surface area (Å²) in [6, 6.07) is 21.8. The summed E-state index contributed by atoms with van der Waals surface area (Å²) in [6.07, 6.45) is 0. The highest BCUT2D eigenvalue weighted by molar-refractivity contribution is 5.72. The SMILES string of the molecule is Oc1ccc(O)c(-c2ccc(C#Cc3ccccc3)cc2)c1. The van der Waals surface area contributed by atoms with Crippen LogP contribution in [0.2, 0.25) is 0 Å². The molecule has 0 radical (unpaired) electrons. The number of hydrogen-bond donors (Lipinski definition) is 2. The molecule has 0 saturated heterocycles. The van der Waals surface area contributed by atoms with E-state index in [1.807, 2.05) is 54.6 Å². The van der Waals surface area contributed by atoms with Gasteiger partial charge in [-0.2, -0.15) is 0 Å². The molecule has 3 aromatic rings. The lowest BCUT2D eigenvalue weighted by Crippen LogP contribution is -1.81. The van der Waals surface area contributed by atoms with Gasteiger partial charge in [0.15, 0.2) is 0 Å². The number of phenolic OH excluding ortho intramolecular Hbond substituents is 2. The second kappa shape index (κ2) is 6.07. The molecular weight excluding hydrogens is 272 g/mol. The maximum absolute atomic E-state index is 9.87.